The second kappa shape index (κ2) is 6.22. The molecule has 1 aliphatic rings. The van der Waals surface area contributed by atoms with Crippen LogP contribution in [0, 0.1) is 6.92 Å². The lowest BCUT2D eigenvalue weighted by Gasteiger charge is -2.33. The Hall–Kier alpha value is -2.44. The molecule has 3 heterocycles. The molecule has 2 N–H and O–H groups in total. The molecule has 0 unspecified atom stereocenters. The number of carbonyl (C=O) groups excluding carboxylic acids is 1. The first-order valence-corrected chi connectivity index (χ1v) is 8.40. The standard InChI is InChI=1S/C17H24N6O/c1-4-7-22-11-13(10-19-22)15(24)23-8-5-6-17(23,3)16-20-12(2)9-14(18)21-16/h9-11H,4-8H2,1-3H3,(H2,18,20,21)/t17-/m0/s1. The molecule has 2 aromatic rings. The van der Waals surface area contributed by atoms with E-state index in [2.05, 4.69) is 22.0 Å². The van der Waals surface area contributed by atoms with Gasteiger partial charge in [-0.2, -0.15) is 5.10 Å². The predicted molar refractivity (Wildman–Crippen MR) is 91.3 cm³/mol. The predicted octanol–water partition coefficient (Wildman–Crippen LogP) is 2.13. The lowest BCUT2D eigenvalue weighted by Crippen LogP contribution is -2.44. The minimum atomic E-state index is -0.538. The molecule has 24 heavy (non-hydrogen) atoms. The molecule has 2 aromatic heterocycles. The minimum absolute atomic E-state index is 0.0268. The first-order valence-electron chi connectivity index (χ1n) is 8.40. The number of nitrogens with two attached hydrogens (primary N) is 1. The van der Waals surface area contributed by atoms with Crippen LogP contribution in [0.3, 0.4) is 0 Å². The van der Waals surface area contributed by atoms with Gasteiger partial charge in [-0.25, -0.2) is 9.97 Å². The number of amides is 1. The number of rotatable bonds is 4. The molecule has 1 fully saturated rings. The molecule has 0 bridgehead atoms. The minimum Gasteiger partial charge on any atom is -0.384 e. The lowest BCUT2D eigenvalue weighted by molar-refractivity contribution is 0.0603. The Morgan fingerprint density at radius 1 is 1.42 bits per heavy atom. The highest BCUT2D eigenvalue weighted by Gasteiger charge is 2.44. The maximum absolute atomic E-state index is 13.0. The van der Waals surface area contributed by atoms with E-state index in [9.17, 15) is 4.79 Å². The molecule has 1 atom stereocenters. The number of aryl methyl sites for hydroxylation is 2. The van der Waals surface area contributed by atoms with Crippen molar-refractivity contribution < 1.29 is 4.79 Å². The Balaban J connectivity index is 1.92. The monoisotopic (exact) mass is 328 g/mol. The summed E-state index contributed by atoms with van der Waals surface area (Å²) in [5.41, 5.74) is 6.77. The molecule has 128 valence electrons. The Kier molecular flexibility index (Phi) is 4.26. The van der Waals surface area contributed by atoms with Gasteiger partial charge in [0.15, 0.2) is 5.82 Å². The average molecular weight is 328 g/mol. The number of hydrogen-bond acceptors (Lipinski definition) is 5. The van der Waals surface area contributed by atoms with Crippen molar-refractivity contribution in [3.8, 4) is 0 Å². The quantitative estimate of drug-likeness (QED) is 0.928. The number of likely N-dealkylation sites (tertiary alicyclic amines) is 1. The summed E-state index contributed by atoms with van der Waals surface area (Å²) < 4.78 is 1.81. The van der Waals surface area contributed by atoms with Crippen molar-refractivity contribution in [1.82, 2.24) is 24.6 Å². The second-order valence-corrected chi connectivity index (χ2v) is 6.58. The fourth-order valence-electron chi connectivity index (χ4n) is 3.34. The van der Waals surface area contributed by atoms with E-state index in [0.29, 0.717) is 23.8 Å². The van der Waals surface area contributed by atoms with Crippen molar-refractivity contribution in [2.24, 2.45) is 0 Å². The Labute approximate surface area is 141 Å². The summed E-state index contributed by atoms with van der Waals surface area (Å²) in [5, 5.41) is 4.27. The number of nitrogens with zero attached hydrogens (tertiary/aromatic N) is 5. The number of carbonyl (C=O) groups is 1. The van der Waals surface area contributed by atoms with E-state index in [0.717, 1.165) is 31.5 Å². The summed E-state index contributed by atoms with van der Waals surface area (Å²) >= 11 is 0. The van der Waals surface area contributed by atoms with Gasteiger partial charge in [-0.1, -0.05) is 6.92 Å². The van der Waals surface area contributed by atoms with E-state index in [4.69, 9.17) is 5.73 Å². The fraction of sp³-hybridized carbons (Fsp3) is 0.529. The molecular weight excluding hydrogens is 304 g/mol. The third kappa shape index (κ3) is 2.86. The Morgan fingerprint density at radius 3 is 2.92 bits per heavy atom. The lowest BCUT2D eigenvalue weighted by atomic mass is 9.97. The average Bonchev–Trinajstić information content (AvgIpc) is 3.14. The summed E-state index contributed by atoms with van der Waals surface area (Å²) in [6.45, 7) is 7.48. The fourth-order valence-corrected chi connectivity index (χ4v) is 3.34. The molecule has 7 nitrogen and oxygen atoms in total. The van der Waals surface area contributed by atoms with Crippen LogP contribution < -0.4 is 5.73 Å². The van der Waals surface area contributed by atoms with Crippen LogP contribution in [0.1, 0.15) is 55.0 Å². The van der Waals surface area contributed by atoms with Crippen LogP contribution in [0.5, 0.6) is 0 Å². The van der Waals surface area contributed by atoms with Crippen molar-refractivity contribution in [1.29, 1.82) is 0 Å². The van der Waals surface area contributed by atoms with Crippen LogP contribution in [-0.2, 0) is 12.1 Å². The summed E-state index contributed by atoms with van der Waals surface area (Å²) in [6, 6.07) is 1.74. The number of anilines is 1. The van der Waals surface area contributed by atoms with E-state index < -0.39 is 5.54 Å². The molecule has 3 rings (SSSR count). The van der Waals surface area contributed by atoms with E-state index >= 15 is 0 Å². The Bertz CT molecular complexity index is 735. The van der Waals surface area contributed by atoms with E-state index in [1.807, 2.05) is 29.6 Å². The Morgan fingerprint density at radius 2 is 2.21 bits per heavy atom. The van der Waals surface area contributed by atoms with Crippen LogP contribution >= 0.6 is 0 Å². The van der Waals surface area contributed by atoms with Gasteiger partial charge >= 0.3 is 0 Å². The van der Waals surface area contributed by atoms with Crippen molar-refractivity contribution >= 4 is 11.7 Å². The van der Waals surface area contributed by atoms with Crippen LogP contribution in [0.25, 0.3) is 0 Å². The highest BCUT2D eigenvalue weighted by Crippen LogP contribution is 2.38. The zero-order valence-corrected chi connectivity index (χ0v) is 14.5. The third-order valence-corrected chi connectivity index (χ3v) is 4.57. The molecule has 1 amide bonds. The first-order chi connectivity index (χ1) is 11.4. The van der Waals surface area contributed by atoms with Gasteiger partial charge in [-0.3, -0.25) is 9.48 Å². The molecular formula is C17H24N6O. The summed E-state index contributed by atoms with van der Waals surface area (Å²) in [5.74, 6) is 1.03. The van der Waals surface area contributed by atoms with Crippen LogP contribution in [0.15, 0.2) is 18.5 Å². The van der Waals surface area contributed by atoms with E-state index in [1.165, 1.54) is 0 Å². The maximum atomic E-state index is 13.0. The smallest absolute Gasteiger partial charge is 0.257 e. The normalized spacial score (nSPS) is 20.5. The van der Waals surface area contributed by atoms with Crippen LogP contribution in [0.4, 0.5) is 5.82 Å². The maximum Gasteiger partial charge on any atom is 0.257 e. The molecule has 0 radical (unpaired) electrons. The third-order valence-electron chi connectivity index (χ3n) is 4.57. The van der Waals surface area contributed by atoms with E-state index in [1.54, 1.807) is 12.3 Å². The van der Waals surface area contributed by atoms with E-state index in [-0.39, 0.29) is 5.91 Å². The van der Waals surface area contributed by atoms with Gasteiger partial charge < -0.3 is 10.6 Å². The largest absolute Gasteiger partial charge is 0.384 e. The van der Waals surface area contributed by atoms with Gasteiger partial charge in [0.05, 0.1) is 11.8 Å². The molecule has 0 saturated carbocycles. The molecule has 1 aliphatic heterocycles. The molecule has 0 spiro atoms. The van der Waals surface area contributed by atoms with Crippen LogP contribution in [0.2, 0.25) is 0 Å². The summed E-state index contributed by atoms with van der Waals surface area (Å²) in [7, 11) is 0. The van der Waals surface area contributed by atoms with Crippen molar-refractivity contribution in [3.05, 3.63) is 35.5 Å². The molecule has 7 heteroatoms. The van der Waals surface area contributed by atoms with Gasteiger partial charge in [0.2, 0.25) is 0 Å². The van der Waals surface area contributed by atoms with Gasteiger partial charge in [0, 0.05) is 31.0 Å². The first kappa shape index (κ1) is 16.4. The number of nitrogen functional groups attached to an aromatic ring is 1. The topological polar surface area (TPSA) is 89.9 Å². The molecule has 0 aromatic carbocycles. The van der Waals surface area contributed by atoms with Crippen molar-refractivity contribution in [2.75, 3.05) is 12.3 Å². The van der Waals surface area contributed by atoms with Gasteiger partial charge in [0.1, 0.15) is 11.4 Å². The van der Waals surface area contributed by atoms with Crippen molar-refractivity contribution in [3.63, 3.8) is 0 Å². The van der Waals surface area contributed by atoms with Crippen molar-refractivity contribution in [2.45, 2.75) is 52.1 Å². The highest BCUT2D eigenvalue weighted by molar-refractivity contribution is 5.94. The van der Waals surface area contributed by atoms with Gasteiger partial charge in [-0.15, -0.1) is 0 Å². The zero-order valence-electron chi connectivity index (χ0n) is 14.5. The number of aromatic nitrogens is 4. The summed E-state index contributed by atoms with van der Waals surface area (Å²) in [6.07, 6.45) is 6.18. The zero-order chi connectivity index (χ0) is 17.3. The summed E-state index contributed by atoms with van der Waals surface area (Å²) in [4.78, 5) is 23.8. The molecule has 1 saturated heterocycles. The van der Waals surface area contributed by atoms with Gasteiger partial charge in [0.25, 0.3) is 5.91 Å². The van der Waals surface area contributed by atoms with Gasteiger partial charge in [-0.05, 0) is 33.1 Å². The highest BCUT2D eigenvalue weighted by atomic mass is 16.2. The molecule has 0 aliphatic carbocycles. The SMILES string of the molecule is CCCn1cc(C(=O)N2CCC[C@@]2(C)c2nc(C)cc(N)n2)cn1. The second-order valence-electron chi connectivity index (χ2n) is 6.58. The number of hydrogen-bond donors (Lipinski definition) is 1. The van der Waals surface area contributed by atoms with Crippen LogP contribution in [-0.4, -0.2) is 37.1 Å².